The molecule has 1 saturated heterocycles. The highest BCUT2D eigenvalue weighted by Gasteiger charge is 2.33. The molecule has 0 radical (unpaired) electrons. The molecule has 2 heterocycles. The van der Waals surface area contributed by atoms with E-state index in [2.05, 4.69) is 20.4 Å². The molecule has 3 aromatic rings. The summed E-state index contributed by atoms with van der Waals surface area (Å²) >= 11 is 0. The predicted octanol–water partition coefficient (Wildman–Crippen LogP) is 4.29. The number of halogens is 3. The van der Waals surface area contributed by atoms with Crippen molar-refractivity contribution in [3.8, 4) is 0 Å². The van der Waals surface area contributed by atoms with E-state index in [1.165, 1.54) is 24.4 Å². The molecule has 0 amide bonds. The number of ether oxygens (including phenoxy) is 1. The van der Waals surface area contributed by atoms with Gasteiger partial charge in [0.15, 0.2) is 10.7 Å². The lowest BCUT2D eigenvalue weighted by atomic mass is 10.0. The number of aromatic nitrogens is 2. The molecule has 0 bridgehead atoms. The average molecular weight is 536 g/mol. The molecule has 1 aromatic heterocycles. The lowest BCUT2D eigenvalue weighted by molar-refractivity contribution is 0.143. The third kappa shape index (κ3) is 6.20. The van der Waals surface area contributed by atoms with E-state index in [1.807, 2.05) is 13.0 Å². The van der Waals surface area contributed by atoms with Gasteiger partial charge in [0.25, 0.3) is 10.0 Å². The van der Waals surface area contributed by atoms with Gasteiger partial charge in [-0.1, -0.05) is 19.1 Å². The molecule has 12 heteroatoms. The van der Waals surface area contributed by atoms with Gasteiger partial charge in [0, 0.05) is 37.1 Å². The molecular weight excluding hydrogens is 507 g/mol. The van der Waals surface area contributed by atoms with Crippen LogP contribution in [-0.4, -0.2) is 49.9 Å². The Bertz CT molecular complexity index is 1300. The van der Waals surface area contributed by atoms with Gasteiger partial charge in [0.1, 0.15) is 24.2 Å². The first-order valence-electron chi connectivity index (χ1n) is 11.9. The second-order valence-electron chi connectivity index (χ2n) is 8.60. The van der Waals surface area contributed by atoms with Crippen molar-refractivity contribution in [1.82, 2.24) is 15.1 Å². The lowest BCUT2D eigenvalue weighted by Gasteiger charge is -2.31. The first-order valence-corrected chi connectivity index (χ1v) is 13.3. The molecule has 0 spiro atoms. The maximum atomic E-state index is 15.1. The molecule has 37 heavy (non-hydrogen) atoms. The summed E-state index contributed by atoms with van der Waals surface area (Å²) in [6.45, 7) is 3.98. The Balaban J connectivity index is 1.58. The monoisotopic (exact) mass is 535 g/mol. The van der Waals surface area contributed by atoms with Gasteiger partial charge in [-0.3, -0.25) is 4.90 Å². The molecule has 4 rings (SSSR count). The summed E-state index contributed by atoms with van der Waals surface area (Å²) in [7, 11) is -4.74. The number of benzene rings is 2. The van der Waals surface area contributed by atoms with Gasteiger partial charge in [0.05, 0.1) is 0 Å². The van der Waals surface area contributed by atoms with Crippen LogP contribution in [-0.2, 0) is 27.8 Å². The molecule has 0 unspecified atom stereocenters. The summed E-state index contributed by atoms with van der Waals surface area (Å²) in [5, 5.41) is 10.2. The van der Waals surface area contributed by atoms with Crippen LogP contribution in [0.4, 0.5) is 24.7 Å². The molecule has 2 aromatic carbocycles. The maximum Gasteiger partial charge on any atom is 0.273 e. The number of rotatable bonds is 12. The van der Waals surface area contributed by atoms with Gasteiger partial charge in [-0.2, -0.15) is 5.10 Å². The van der Waals surface area contributed by atoms with Gasteiger partial charge in [0.2, 0.25) is 0 Å². The summed E-state index contributed by atoms with van der Waals surface area (Å²) in [5.41, 5.74) is 1.13. The number of hydrogen-bond donors (Lipinski definition) is 1. The molecule has 0 atom stereocenters. The van der Waals surface area contributed by atoms with Crippen LogP contribution in [0, 0.1) is 17.5 Å². The van der Waals surface area contributed by atoms with Crippen LogP contribution in [0.1, 0.15) is 30.9 Å². The Hall–Kier alpha value is -3.22. The van der Waals surface area contributed by atoms with Crippen LogP contribution in [0.2, 0.25) is 0 Å². The summed E-state index contributed by atoms with van der Waals surface area (Å²) in [5.74, 6) is -3.19. The van der Waals surface area contributed by atoms with Crippen molar-refractivity contribution in [3.63, 3.8) is 0 Å². The van der Waals surface area contributed by atoms with Crippen LogP contribution in [0.25, 0.3) is 0 Å². The maximum absolute atomic E-state index is 15.1. The van der Waals surface area contributed by atoms with Crippen LogP contribution in [0.3, 0.4) is 0 Å². The minimum absolute atomic E-state index is 0.0274. The molecule has 0 saturated carbocycles. The largest absolute Gasteiger partial charge is 0.381 e. The van der Waals surface area contributed by atoms with Gasteiger partial charge in [-0.25, -0.2) is 25.9 Å². The minimum atomic E-state index is -4.74. The molecular formula is C25H28F3N5O3S. The van der Waals surface area contributed by atoms with Gasteiger partial charge in [-0.05, 0) is 61.8 Å². The third-order valence-electron chi connectivity index (χ3n) is 5.94. The van der Waals surface area contributed by atoms with E-state index in [4.69, 9.17) is 4.74 Å². The van der Waals surface area contributed by atoms with Crippen molar-refractivity contribution >= 4 is 21.5 Å². The lowest BCUT2D eigenvalue weighted by Crippen LogP contribution is -2.36. The van der Waals surface area contributed by atoms with E-state index in [0.717, 1.165) is 37.2 Å². The van der Waals surface area contributed by atoms with Gasteiger partial charge >= 0.3 is 0 Å². The van der Waals surface area contributed by atoms with Crippen molar-refractivity contribution in [3.05, 3.63) is 77.2 Å². The number of anilines is 2. The summed E-state index contributed by atoms with van der Waals surface area (Å²) in [6, 6.07) is 9.30. The molecule has 0 aliphatic carbocycles. The average Bonchev–Trinajstić information content (AvgIpc) is 2.83. The SMILES string of the molecule is CCCOCN(c1cccnn1)S(=O)(=O)c1c(F)cc(NCc2c(F)cccc2CN2CCC2)cc1F. The highest BCUT2D eigenvalue weighted by Crippen LogP contribution is 2.29. The Morgan fingerprint density at radius 2 is 1.84 bits per heavy atom. The van der Waals surface area contributed by atoms with E-state index < -0.39 is 39.1 Å². The van der Waals surface area contributed by atoms with E-state index in [1.54, 1.807) is 6.07 Å². The van der Waals surface area contributed by atoms with E-state index in [9.17, 15) is 12.8 Å². The van der Waals surface area contributed by atoms with E-state index in [-0.39, 0.29) is 24.7 Å². The van der Waals surface area contributed by atoms with E-state index in [0.29, 0.717) is 22.8 Å². The predicted molar refractivity (Wildman–Crippen MR) is 133 cm³/mol. The third-order valence-corrected chi connectivity index (χ3v) is 7.72. The first-order chi connectivity index (χ1) is 17.8. The number of sulfonamides is 1. The highest BCUT2D eigenvalue weighted by atomic mass is 32.2. The van der Waals surface area contributed by atoms with Crippen molar-refractivity contribution in [2.75, 3.05) is 36.0 Å². The number of nitrogens with zero attached hydrogens (tertiary/aromatic N) is 4. The second-order valence-corrected chi connectivity index (χ2v) is 10.4. The summed E-state index contributed by atoms with van der Waals surface area (Å²) in [4.78, 5) is 1.03. The fraction of sp³-hybridized carbons (Fsp3) is 0.360. The van der Waals surface area contributed by atoms with Crippen LogP contribution in [0.15, 0.2) is 53.6 Å². The zero-order valence-electron chi connectivity index (χ0n) is 20.3. The second kappa shape index (κ2) is 11.9. The summed E-state index contributed by atoms with van der Waals surface area (Å²) < 4.78 is 77.5. The Morgan fingerprint density at radius 1 is 1.08 bits per heavy atom. The van der Waals surface area contributed by atoms with Crippen molar-refractivity contribution < 1.29 is 26.3 Å². The van der Waals surface area contributed by atoms with Crippen molar-refractivity contribution in [1.29, 1.82) is 0 Å². The molecule has 1 aliphatic heterocycles. The molecule has 8 nitrogen and oxygen atoms in total. The molecule has 198 valence electrons. The summed E-state index contributed by atoms with van der Waals surface area (Å²) in [6.07, 6.45) is 3.04. The number of nitrogens with one attached hydrogen (secondary N) is 1. The Labute approximate surface area is 214 Å². The zero-order chi connectivity index (χ0) is 26.4. The standard InChI is InChI=1S/C25H28F3N5O3S/c1-2-12-36-17-33(24-8-4-9-30-31-24)37(34,35)25-22(27)13-19(14-23(25)28)29-15-20-18(6-3-7-21(20)26)16-32-10-5-11-32/h3-4,6-9,13-14,29H,2,5,10-12,15-17H2,1H3. The minimum Gasteiger partial charge on any atom is -0.381 e. The zero-order valence-corrected chi connectivity index (χ0v) is 21.1. The van der Waals surface area contributed by atoms with E-state index >= 15 is 8.78 Å². The van der Waals surface area contributed by atoms with Crippen LogP contribution in [0.5, 0.6) is 0 Å². The quantitative estimate of drug-likeness (QED) is 0.274. The highest BCUT2D eigenvalue weighted by molar-refractivity contribution is 7.92. The first kappa shape index (κ1) is 26.8. The van der Waals surface area contributed by atoms with Crippen molar-refractivity contribution in [2.45, 2.75) is 37.8 Å². The van der Waals surface area contributed by atoms with Crippen LogP contribution < -0.4 is 9.62 Å². The smallest absolute Gasteiger partial charge is 0.273 e. The van der Waals surface area contributed by atoms with Crippen molar-refractivity contribution in [2.24, 2.45) is 0 Å². The van der Waals surface area contributed by atoms with Crippen LogP contribution >= 0.6 is 0 Å². The molecule has 1 N–H and O–H groups in total. The fourth-order valence-corrected chi connectivity index (χ4v) is 5.30. The topological polar surface area (TPSA) is 87.7 Å². The normalized spacial score (nSPS) is 13.8. The Morgan fingerprint density at radius 3 is 2.46 bits per heavy atom. The Kier molecular flexibility index (Phi) is 8.62. The molecule has 1 fully saturated rings. The fourth-order valence-electron chi connectivity index (χ4n) is 3.92. The number of likely N-dealkylation sites (tertiary alicyclic amines) is 1. The number of hydrogen-bond acceptors (Lipinski definition) is 7. The van der Waals surface area contributed by atoms with Gasteiger partial charge < -0.3 is 10.1 Å². The van der Waals surface area contributed by atoms with Gasteiger partial charge in [-0.15, -0.1) is 5.10 Å². The molecule has 1 aliphatic rings.